The number of nitrogens with zero attached hydrogens (tertiary/aromatic N) is 5. The van der Waals surface area contributed by atoms with E-state index in [-0.39, 0.29) is 42.1 Å². The number of ether oxygens (including phenoxy) is 1. The largest absolute Gasteiger partial charge is 0.450 e. The summed E-state index contributed by atoms with van der Waals surface area (Å²) in [5.74, 6) is -0.231. The summed E-state index contributed by atoms with van der Waals surface area (Å²) in [4.78, 5) is 25.0. The van der Waals surface area contributed by atoms with Gasteiger partial charge in [-0.1, -0.05) is 0 Å². The summed E-state index contributed by atoms with van der Waals surface area (Å²) in [6.45, 7) is 2.06. The van der Waals surface area contributed by atoms with Crippen molar-refractivity contribution in [2.45, 2.75) is 13.5 Å². The minimum atomic E-state index is -0.718. The highest BCUT2D eigenvalue weighted by Crippen LogP contribution is 2.30. The molecule has 5 N–H and O–H groups in total. The van der Waals surface area contributed by atoms with E-state index < -0.39 is 6.09 Å². The number of nitrogens with one attached hydrogen (secondary N) is 1. The molecule has 4 aromatic heterocycles. The number of hydrogen-bond donors (Lipinski definition) is 3. The van der Waals surface area contributed by atoms with Crippen molar-refractivity contribution in [3.05, 3.63) is 40.5 Å². The van der Waals surface area contributed by atoms with Crippen LogP contribution in [0.4, 0.5) is 26.5 Å². The summed E-state index contributed by atoms with van der Waals surface area (Å²) in [6, 6.07) is 4.94. The highest BCUT2D eigenvalue weighted by Gasteiger charge is 2.20. The number of anilines is 3. The van der Waals surface area contributed by atoms with E-state index >= 15 is 0 Å². The maximum atomic E-state index is 13.9. The Kier molecular flexibility index (Phi) is 5.14. The Labute approximate surface area is 173 Å². The lowest BCUT2D eigenvalue weighted by Crippen LogP contribution is -2.17. The van der Waals surface area contributed by atoms with E-state index in [1.54, 1.807) is 35.3 Å². The number of pyridine rings is 1. The quantitative estimate of drug-likeness (QED) is 0.440. The second-order valence-electron chi connectivity index (χ2n) is 6.11. The number of rotatable bonds is 5. The van der Waals surface area contributed by atoms with E-state index in [0.29, 0.717) is 21.6 Å². The first-order valence-corrected chi connectivity index (χ1v) is 9.76. The Morgan fingerprint density at radius 2 is 2.07 bits per heavy atom. The second-order valence-corrected chi connectivity index (χ2v) is 7.11. The molecule has 0 aliphatic rings. The molecule has 4 aromatic rings. The van der Waals surface area contributed by atoms with Gasteiger partial charge in [-0.05, 0) is 30.5 Å². The van der Waals surface area contributed by atoms with Gasteiger partial charge in [0.15, 0.2) is 23.1 Å². The molecule has 0 aliphatic heterocycles. The molecule has 0 aromatic carbocycles. The van der Waals surface area contributed by atoms with Crippen LogP contribution in [0, 0.1) is 5.82 Å². The molecule has 1 amide bonds. The van der Waals surface area contributed by atoms with Crippen LogP contribution in [0.1, 0.15) is 11.8 Å². The molecule has 0 fully saturated rings. The SMILES string of the molecule is CCOC(=O)Nc1c(N)nc(-c2nn(Cc3sccc3F)c3ncccc23)nc1N. The fourth-order valence-corrected chi connectivity index (χ4v) is 3.59. The molecule has 0 radical (unpaired) electrons. The van der Waals surface area contributed by atoms with Gasteiger partial charge in [0.1, 0.15) is 17.2 Å². The molecule has 30 heavy (non-hydrogen) atoms. The molecule has 0 spiro atoms. The average Bonchev–Trinajstić information content (AvgIpc) is 3.29. The average molecular weight is 428 g/mol. The van der Waals surface area contributed by atoms with Crippen LogP contribution in [0.3, 0.4) is 0 Å². The van der Waals surface area contributed by atoms with E-state index in [1.165, 1.54) is 17.4 Å². The second kappa shape index (κ2) is 7.91. The van der Waals surface area contributed by atoms with Crippen molar-refractivity contribution < 1.29 is 13.9 Å². The lowest BCUT2D eigenvalue weighted by atomic mass is 10.2. The van der Waals surface area contributed by atoms with E-state index in [2.05, 4.69) is 25.4 Å². The third-order valence-electron chi connectivity index (χ3n) is 4.17. The van der Waals surface area contributed by atoms with Gasteiger partial charge in [0, 0.05) is 6.20 Å². The predicted octanol–water partition coefficient (Wildman–Crippen LogP) is 2.87. The number of nitrogen functional groups attached to an aromatic ring is 2. The van der Waals surface area contributed by atoms with Gasteiger partial charge >= 0.3 is 6.09 Å². The fraction of sp³-hybridized carbons (Fsp3) is 0.167. The summed E-state index contributed by atoms with van der Waals surface area (Å²) < 4.78 is 20.3. The van der Waals surface area contributed by atoms with Gasteiger partial charge in [0.25, 0.3) is 0 Å². The topological polar surface area (TPSA) is 147 Å². The van der Waals surface area contributed by atoms with Crippen molar-refractivity contribution in [3.63, 3.8) is 0 Å². The van der Waals surface area contributed by atoms with Gasteiger partial charge in [0.2, 0.25) is 0 Å². The number of halogens is 1. The van der Waals surface area contributed by atoms with Crippen LogP contribution >= 0.6 is 11.3 Å². The molecule has 0 unspecified atom stereocenters. The number of carbonyl (C=O) groups is 1. The minimum Gasteiger partial charge on any atom is -0.450 e. The van der Waals surface area contributed by atoms with Gasteiger partial charge in [-0.25, -0.2) is 28.8 Å². The monoisotopic (exact) mass is 428 g/mol. The van der Waals surface area contributed by atoms with Crippen LogP contribution in [-0.4, -0.2) is 37.4 Å². The van der Waals surface area contributed by atoms with Crippen molar-refractivity contribution in [2.75, 3.05) is 23.4 Å². The van der Waals surface area contributed by atoms with Gasteiger partial charge < -0.3 is 16.2 Å². The van der Waals surface area contributed by atoms with E-state index in [0.717, 1.165) is 0 Å². The number of nitrogens with two attached hydrogens (primary N) is 2. The van der Waals surface area contributed by atoms with Gasteiger partial charge in [-0.15, -0.1) is 11.3 Å². The summed E-state index contributed by atoms with van der Waals surface area (Å²) >= 11 is 1.29. The van der Waals surface area contributed by atoms with E-state index in [1.807, 2.05) is 0 Å². The highest BCUT2D eigenvalue weighted by molar-refractivity contribution is 7.09. The van der Waals surface area contributed by atoms with Crippen molar-refractivity contribution in [3.8, 4) is 11.5 Å². The molecule has 0 saturated heterocycles. The normalized spacial score (nSPS) is 11.0. The maximum Gasteiger partial charge on any atom is 0.411 e. The number of fused-ring (bicyclic) bond motifs is 1. The molecule has 154 valence electrons. The van der Waals surface area contributed by atoms with Crippen LogP contribution in [0.5, 0.6) is 0 Å². The van der Waals surface area contributed by atoms with Crippen LogP contribution in [0.2, 0.25) is 0 Å². The molecule has 0 aliphatic carbocycles. The number of thiophene rings is 1. The molecule has 10 nitrogen and oxygen atoms in total. The Morgan fingerprint density at radius 3 is 2.73 bits per heavy atom. The van der Waals surface area contributed by atoms with Crippen molar-refractivity contribution in [2.24, 2.45) is 0 Å². The Bertz CT molecular complexity index is 1220. The van der Waals surface area contributed by atoms with Crippen LogP contribution in [0.15, 0.2) is 29.8 Å². The van der Waals surface area contributed by atoms with E-state index in [4.69, 9.17) is 16.2 Å². The Morgan fingerprint density at radius 1 is 1.30 bits per heavy atom. The molecular weight excluding hydrogens is 411 g/mol. The van der Waals surface area contributed by atoms with Gasteiger partial charge in [-0.3, -0.25) is 5.32 Å². The standard InChI is InChI=1S/C18H17FN8O2S/c1-2-29-18(28)23-13-14(20)24-16(25-15(13)21)12-9-4-3-6-22-17(9)27(26-12)8-11-10(19)5-7-30-11/h3-7H,2,8H2,1H3,(H,23,28)(H4,20,21,24,25). The Balaban J connectivity index is 1.76. The third-order valence-corrected chi connectivity index (χ3v) is 5.05. The third kappa shape index (κ3) is 3.59. The van der Waals surface area contributed by atoms with Crippen molar-refractivity contribution in [1.29, 1.82) is 0 Å². The molecule has 0 atom stereocenters. The summed E-state index contributed by atoms with van der Waals surface area (Å²) in [7, 11) is 0. The lowest BCUT2D eigenvalue weighted by Gasteiger charge is -2.10. The zero-order chi connectivity index (χ0) is 21.3. The van der Waals surface area contributed by atoms with Crippen LogP contribution in [-0.2, 0) is 11.3 Å². The number of hydrogen-bond acceptors (Lipinski definition) is 9. The highest BCUT2D eigenvalue weighted by atomic mass is 32.1. The smallest absolute Gasteiger partial charge is 0.411 e. The molecule has 0 bridgehead atoms. The fourth-order valence-electron chi connectivity index (χ4n) is 2.86. The van der Waals surface area contributed by atoms with Crippen molar-refractivity contribution >= 4 is 45.8 Å². The van der Waals surface area contributed by atoms with Crippen LogP contribution in [0.25, 0.3) is 22.6 Å². The summed E-state index contributed by atoms with van der Waals surface area (Å²) in [5.41, 5.74) is 12.9. The first-order chi connectivity index (χ1) is 14.5. The molecular formula is C18H17FN8O2S. The lowest BCUT2D eigenvalue weighted by molar-refractivity contribution is 0.168. The predicted molar refractivity (Wildman–Crippen MR) is 111 cm³/mol. The molecule has 12 heteroatoms. The summed E-state index contributed by atoms with van der Waals surface area (Å²) in [5, 5.41) is 9.27. The molecule has 0 saturated carbocycles. The Hall–Kier alpha value is -3.80. The zero-order valence-electron chi connectivity index (χ0n) is 15.8. The molecule has 4 rings (SSSR count). The van der Waals surface area contributed by atoms with E-state index in [9.17, 15) is 9.18 Å². The van der Waals surface area contributed by atoms with Crippen molar-refractivity contribution in [1.82, 2.24) is 24.7 Å². The number of aromatic nitrogens is 5. The van der Waals surface area contributed by atoms with Crippen LogP contribution < -0.4 is 16.8 Å². The minimum absolute atomic E-state index is 0.0403. The van der Waals surface area contributed by atoms with Gasteiger partial charge in [0.05, 0.1) is 23.4 Å². The first-order valence-electron chi connectivity index (χ1n) is 8.88. The zero-order valence-corrected chi connectivity index (χ0v) is 16.6. The summed E-state index contributed by atoms with van der Waals surface area (Å²) in [6.07, 6.45) is 0.898. The first kappa shape index (κ1) is 19.5. The number of carbonyl (C=O) groups excluding carboxylic acids is 1. The van der Waals surface area contributed by atoms with Gasteiger partial charge in [-0.2, -0.15) is 5.10 Å². The maximum absolute atomic E-state index is 13.9. The molecule has 4 heterocycles. The number of amides is 1.